The van der Waals surface area contributed by atoms with Gasteiger partial charge in [0, 0.05) is 68.2 Å². The molecule has 10 heteroatoms. The first-order valence-corrected chi connectivity index (χ1v) is 14.0. The van der Waals surface area contributed by atoms with Gasteiger partial charge in [0.2, 0.25) is 0 Å². The van der Waals surface area contributed by atoms with Gasteiger partial charge in [0.05, 0.1) is 17.9 Å². The summed E-state index contributed by atoms with van der Waals surface area (Å²) in [4.78, 5) is 16.7. The quantitative estimate of drug-likeness (QED) is 0.336. The summed E-state index contributed by atoms with van der Waals surface area (Å²) in [5, 5.41) is 5.60. The maximum absolute atomic E-state index is 14.4. The Morgan fingerprint density at radius 3 is 2.82 bits per heavy atom. The van der Waals surface area contributed by atoms with Crippen molar-refractivity contribution in [2.75, 3.05) is 32.7 Å². The van der Waals surface area contributed by atoms with Crippen LogP contribution in [0.5, 0.6) is 5.75 Å². The fourth-order valence-corrected chi connectivity index (χ4v) is 5.97. The van der Waals surface area contributed by atoms with Crippen molar-refractivity contribution in [3.05, 3.63) is 60.6 Å². The van der Waals surface area contributed by atoms with Crippen molar-refractivity contribution in [2.24, 2.45) is 5.73 Å². The number of fused-ring (bicyclic) bond motifs is 1. The Labute approximate surface area is 228 Å². The highest BCUT2D eigenvalue weighted by Crippen LogP contribution is 2.27. The maximum Gasteiger partial charge on any atom is 0.141 e. The molecular weight excluding hydrogens is 495 g/mol. The van der Waals surface area contributed by atoms with E-state index >= 15 is 0 Å². The number of H-pyrrole nitrogens is 1. The van der Waals surface area contributed by atoms with Gasteiger partial charge in [-0.05, 0) is 62.9 Å². The minimum Gasteiger partial charge on any atom is -0.490 e. The summed E-state index contributed by atoms with van der Waals surface area (Å²) in [5.41, 5.74) is 9.79. The molecule has 0 spiro atoms. The third-order valence-electron chi connectivity index (χ3n) is 8.19. The molecule has 2 aliphatic rings. The molecule has 2 saturated heterocycles. The number of rotatable bonds is 9. The molecule has 206 valence electrons. The van der Waals surface area contributed by atoms with Gasteiger partial charge in [-0.3, -0.25) is 9.58 Å². The number of aromatic amines is 1. The fraction of sp³-hybridized carbons (Fsp3) is 0.483. The molecule has 5 heterocycles. The second-order valence-corrected chi connectivity index (χ2v) is 10.9. The number of piperidine rings is 1. The Morgan fingerprint density at radius 1 is 1.15 bits per heavy atom. The second kappa shape index (κ2) is 11.4. The van der Waals surface area contributed by atoms with Crippen molar-refractivity contribution >= 4 is 11.0 Å². The molecule has 2 aliphatic heterocycles. The number of halogens is 1. The molecule has 9 nitrogen and oxygen atoms in total. The Bertz CT molecular complexity index is 1390. The molecule has 3 N–H and O–H groups in total. The van der Waals surface area contributed by atoms with Gasteiger partial charge in [0.15, 0.2) is 0 Å². The second-order valence-electron chi connectivity index (χ2n) is 10.9. The van der Waals surface area contributed by atoms with E-state index in [4.69, 9.17) is 10.5 Å². The summed E-state index contributed by atoms with van der Waals surface area (Å²) in [6.45, 7) is 7.20. The minimum absolute atomic E-state index is 0.0542. The minimum atomic E-state index is -0.227. The summed E-state index contributed by atoms with van der Waals surface area (Å²) >= 11 is 0. The van der Waals surface area contributed by atoms with Crippen molar-refractivity contribution < 1.29 is 9.13 Å². The molecule has 3 aromatic heterocycles. The lowest BCUT2D eigenvalue weighted by molar-refractivity contribution is 0.0911. The van der Waals surface area contributed by atoms with Crippen LogP contribution in [0.2, 0.25) is 0 Å². The number of nitrogens with one attached hydrogen (secondary N) is 1. The number of nitrogens with two attached hydrogens (primary N) is 1. The van der Waals surface area contributed by atoms with E-state index in [0.717, 1.165) is 73.4 Å². The van der Waals surface area contributed by atoms with Crippen molar-refractivity contribution in [1.29, 1.82) is 0 Å². The number of benzene rings is 1. The van der Waals surface area contributed by atoms with Crippen molar-refractivity contribution in [3.8, 4) is 17.0 Å². The van der Waals surface area contributed by atoms with Gasteiger partial charge in [-0.2, -0.15) is 5.10 Å². The Balaban J connectivity index is 1.04. The lowest BCUT2D eigenvalue weighted by Gasteiger charge is -2.34. The van der Waals surface area contributed by atoms with E-state index in [0.29, 0.717) is 18.3 Å². The highest BCUT2D eigenvalue weighted by atomic mass is 19.1. The predicted octanol–water partition coefficient (Wildman–Crippen LogP) is 3.99. The summed E-state index contributed by atoms with van der Waals surface area (Å²) in [6, 6.07) is 7.75. The molecule has 0 radical (unpaired) electrons. The molecule has 6 rings (SSSR count). The number of hydrogen-bond acceptors (Lipinski definition) is 7. The largest absolute Gasteiger partial charge is 0.490 e. The van der Waals surface area contributed by atoms with Crippen molar-refractivity contribution in [1.82, 2.24) is 34.5 Å². The molecule has 0 bridgehead atoms. The third kappa shape index (κ3) is 5.83. The first kappa shape index (κ1) is 25.9. The first-order valence-electron chi connectivity index (χ1n) is 14.0. The highest BCUT2D eigenvalue weighted by Gasteiger charge is 2.25. The molecule has 39 heavy (non-hydrogen) atoms. The Hall–Kier alpha value is -3.34. The molecule has 1 unspecified atom stereocenters. The van der Waals surface area contributed by atoms with Crippen LogP contribution in [0, 0.1) is 5.82 Å². The van der Waals surface area contributed by atoms with E-state index in [1.54, 1.807) is 12.4 Å². The predicted molar refractivity (Wildman–Crippen MR) is 149 cm³/mol. The molecule has 2 atom stereocenters. The van der Waals surface area contributed by atoms with Gasteiger partial charge in [0.25, 0.3) is 0 Å². The van der Waals surface area contributed by atoms with Crippen LogP contribution in [-0.4, -0.2) is 79.4 Å². The van der Waals surface area contributed by atoms with Gasteiger partial charge in [-0.25, -0.2) is 14.4 Å². The topological polar surface area (TPSA) is 101 Å². The van der Waals surface area contributed by atoms with Gasteiger partial charge in [-0.15, -0.1) is 0 Å². The van der Waals surface area contributed by atoms with E-state index in [2.05, 4.69) is 36.8 Å². The Morgan fingerprint density at radius 2 is 2.03 bits per heavy atom. The lowest BCUT2D eigenvalue weighted by atomic mass is 10.1. The van der Waals surface area contributed by atoms with E-state index < -0.39 is 0 Å². The van der Waals surface area contributed by atoms with Crippen LogP contribution in [0.25, 0.3) is 22.3 Å². The van der Waals surface area contributed by atoms with Crippen LogP contribution >= 0.6 is 0 Å². The fourth-order valence-electron chi connectivity index (χ4n) is 5.97. The van der Waals surface area contributed by atoms with Gasteiger partial charge in [0.1, 0.15) is 29.6 Å². The van der Waals surface area contributed by atoms with Gasteiger partial charge >= 0.3 is 0 Å². The van der Waals surface area contributed by atoms with E-state index in [1.807, 2.05) is 35.4 Å². The van der Waals surface area contributed by atoms with E-state index in [-0.39, 0.29) is 18.0 Å². The van der Waals surface area contributed by atoms with E-state index in [9.17, 15) is 4.39 Å². The third-order valence-corrected chi connectivity index (χ3v) is 8.19. The van der Waals surface area contributed by atoms with Crippen LogP contribution in [0.1, 0.15) is 44.2 Å². The molecular formula is C29H37FN8O. The summed E-state index contributed by atoms with van der Waals surface area (Å²) in [7, 11) is 0. The van der Waals surface area contributed by atoms with Crippen molar-refractivity contribution in [2.45, 2.75) is 57.3 Å². The van der Waals surface area contributed by atoms with Gasteiger partial charge in [-0.1, -0.05) is 0 Å². The molecule has 4 aromatic rings. The normalized spacial score (nSPS) is 20.1. The van der Waals surface area contributed by atoms with Crippen LogP contribution < -0.4 is 10.5 Å². The zero-order chi connectivity index (χ0) is 26.8. The van der Waals surface area contributed by atoms with Gasteiger partial charge < -0.3 is 20.4 Å². The summed E-state index contributed by atoms with van der Waals surface area (Å²) in [5.74, 6) is 0.413. The van der Waals surface area contributed by atoms with Crippen LogP contribution in [0.3, 0.4) is 0 Å². The maximum atomic E-state index is 14.4. The monoisotopic (exact) mass is 532 g/mol. The average Bonchev–Trinajstić information content (AvgIpc) is 3.69. The molecule has 0 saturated carbocycles. The Kier molecular flexibility index (Phi) is 7.58. The molecule has 1 aromatic carbocycles. The number of nitrogens with zero attached hydrogens (tertiary/aromatic N) is 6. The SMILES string of the molecule is C[C@H]1CCCN1Cc1cc(F)cc(OC2CCN(CC(CN)n3cc(-c4ncnc5[nH]ccc45)cn3)CC2)c1. The molecule has 0 aliphatic carbocycles. The van der Waals surface area contributed by atoms with Crippen LogP contribution in [0.15, 0.2) is 49.2 Å². The number of aromatic nitrogens is 5. The standard InChI is InChI=1S/C29H37FN8O/c1-20-3-2-8-37(20)16-21-11-23(30)13-26(12-21)39-25-5-9-36(10-6-25)18-24(14-31)38-17-22(15-35-38)28-27-4-7-32-29(27)34-19-33-28/h4,7,11-13,15,17,19-20,24-25H,2-3,5-6,8-10,14,16,18,31H2,1H3,(H,32,33,34)/t20-,24?/m0/s1. The van der Waals surface area contributed by atoms with Crippen LogP contribution in [0.4, 0.5) is 4.39 Å². The van der Waals surface area contributed by atoms with Crippen molar-refractivity contribution in [3.63, 3.8) is 0 Å². The first-order chi connectivity index (χ1) is 19.1. The molecule has 0 amide bonds. The smallest absolute Gasteiger partial charge is 0.141 e. The zero-order valence-corrected chi connectivity index (χ0v) is 22.5. The summed E-state index contributed by atoms with van der Waals surface area (Å²) < 4.78 is 22.6. The lowest BCUT2D eigenvalue weighted by Crippen LogP contribution is -2.42. The highest BCUT2D eigenvalue weighted by molar-refractivity contribution is 5.89. The average molecular weight is 533 g/mol. The number of likely N-dealkylation sites (tertiary alicyclic amines) is 2. The number of ether oxygens (including phenoxy) is 1. The van der Waals surface area contributed by atoms with E-state index in [1.165, 1.54) is 18.9 Å². The zero-order valence-electron chi connectivity index (χ0n) is 22.5. The number of hydrogen-bond donors (Lipinski definition) is 2. The summed E-state index contributed by atoms with van der Waals surface area (Å²) in [6.07, 6.45) is 11.6. The van der Waals surface area contributed by atoms with Crippen LogP contribution in [-0.2, 0) is 6.54 Å². The molecule has 2 fully saturated rings.